The number of aromatic nitrogens is 2. The van der Waals surface area contributed by atoms with E-state index in [0.29, 0.717) is 0 Å². The zero-order valence-electron chi connectivity index (χ0n) is 6.69. The predicted molar refractivity (Wildman–Crippen MR) is 49.6 cm³/mol. The molecule has 0 aliphatic rings. The minimum Gasteiger partial charge on any atom is -0.399 e. The Balaban J connectivity index is 3.01. The molecule has 1 atom stereocenters. The van der Waals surface area contributed by atoms with E-state index in [2.05, 4.69) is 27.7 Å². The molecule has 1 unspecified atom stereocenters. The van der Waals surface area contributed by atoms with Crippen molar-refractivity contribution in [1.82, 2.24) is 9.55 Å². The number of thiol groups is 1. The number of hydrogen-bond donors (Lipinski definition) is 2. The summed E-state index contributed by atoms with van der Waals surface area (Å²) in [5.41, 5.74) is 5.62. The molecule has 1 N–H and O–H groups in total. The lowest BCUT2D eigenvalue weighted by atomic mass is 10.6. The molecule has 1 aromatic rings. The van der Waals surface area contributed by atoms with Gasteiger partial charge in [-0.25, -0.2) is 4.79 Å². The first-order chi connectivity index (χ1) is 6.65. The van der Waals surface area contributed by atoms with Gasteiger partial charge in [0.05, 0.1) is 0 Å². The lowest BCUT2D eigenvalue weighted by Gasteiger charge is -2.09. The van der Waals surface area contributed by atoms with E-state index in [1.54, 1.807) is 0 Å². The number of H-pyrrole nitrogens is 1. The second-order valence-corrected chi connectivity index (χ2v) is 2.56. The first-order valence-corrected chi connectivity index (χ1v) is 3.86. The summed E-state index contributed by atoms with van der Waals surface area (Å²) in [4.78, 5) is 30.5. The third-order valence-corrected chi connectivity index (χ3v) is 1.61. The summed E-state index contributed by atoms with van der Waals surface area (Å²) < 4.78 is 0.944. The van der Waals surface area contributed by atoms with Gasteiger partial charge in [-0.3, -0.25) is 14.3 Å². The van der Waals surface area contributed by atoms with Crippen LogP contribution in [0.25, 0.3) is 10.4 Å². The summed E-state index contributed by atoms with van der Waals surface area (Å²) in [6, 6.07) is 1.12. The number of azide groups is 1. The van der Waals surface area contributed by atoms with E-state index in [9.17, 15) is 9.59 Å². The third-order valence-electron chi connectivity index (χ3n) is 1.27. The van der Waals surface area contributed by atoms with Gasteiger partial charge in [-0.2, -0.15) is 0 Å². The molecule has 0 amide bonds. The first kappa shape index (κ1) is 10.2. The standard InChI is InChI=1S/C5H5N5O3S/c6-8-9-13-5(14)10-2-1-3(11)7-4(10)12/h1-2,5,14H,(H,7,11,12). The number of nitrogens with one attached hydrogen (secondary N) is 1. The van der Waals surface area contributed by atoms with Crippen molar-refractivity contribution in [2.45, 2.75) is 5.56 Å². The molecule has 0 fully saturated rings. The summed E-state index contributed by atoms with van der Waals surface area (Å²) in [7, 11) is 0. The molecule has 0 spiro atoms. The highest BCUT2D eigenvalue weighted by Crippen LogP contribution is 2.09. The molecule has 0 aliphatic carbocycles. The van der Waals surface area contributed by atoms with Crippen LogP contribution in [-0.4, -0.2) is 9.55 Å². The monoisotopic (exact) mass is 215 g/mol. The second-order valence-electron chi connectivity index (χ2n) is 2.12. The smallest absolute Gasteiger partial charge is 0.331 e. The van der Waals surface area contributed by atoms with Crippen LogP contribution in [0.3, 0.4) is 0 Å². The maximum absolute atomic E-state index is 11.1. The first-order valence-electron chi connectivity index (χ1n) is 3.35. The Hall–Kier alpha value is -1.86. The highest BCUT2D eigenvalue weighted by Gasteiger charge is 2.06. The van der Waals surface area contributed by atoms with Crippen molar-refractivity contribution in [3.8, 4) is 0 Å². The number of aromatic amines is 1. The van der Waals surface area contributed by atoms with E-state index in [-0.39, 0.29) is 0 Å². The van der Waals surface area contributed by atoms with Crippen LogP contribution in [0.15, 0.2) is 27.1 Å². The molecule has 14 heavy (non-hydrogen) atoms. The van der Waals surface area contributed by atoms with Gasteiger partial charge in [0.1, 0.15) is 5.28 Å². The zero-order valence-corrected chi connectivity index (χ0v) is 7.59. The Morgan fingerprint density at radius 2 is 2.43 bits per heavy atom. The summed E-state index contributed by atoms with van der Waals surface area (Å²) in [6.07, 6.45) is 1.17. The SMILES string of the molecule is [N-]=[N+]=NOC(S)n1ccc(=O)[nH]c1=O. The molecule has 0 aliphatic heterocycles. The van der Waals surface area contributed by atoms with E-state index in [0.717, 1.165) is 10.6 Å². The quantitative estimate of drug-likeness (QED) is 0.187. The van der Waals surface area contributed by atoms with Crippen LogP contribution in [0.5, 0.6) is 0 Å². The van der Waals surface area contributed by atoms with Gasteiger partial charge < -0.3 is 4.84 Å². The normalized spacial score (nSPS) is 11.5. The molecular formula is C5H5N5O3S. The molecule has 8 nitrogen and oxygen atoms in total. The fourth-order valence-electron chi connectivity index (χ4n) is 0.715. The van der Waals surface area contributed by atoms with E-state index < -0.39 is 16.8 Å². The number of nitrogens with zero attached hydrogens (tertiary/aromatic N) is 4. The van der Waals surface area contributed by atoms with Crippen molar-refractivity contribution >= 4 is 12.6 Å². The summed E-state index contributed by atoms with van der Waals surface area (Å²) in [5.74, 6) is 0. The Labute approximate surface area is 82.1 Å². The Morgan fingerprint density at radius 3 is 3.00 bits per heavy atom. The fourth-order valence-corrected chi connectivity index (χ4v) is 0.939. The minimum absolute atomic E-state index is 0.532. The van der Waals surface area contributed by atoms with E-state index in [1.165, 1.54) is 6.20 Å². The molecule has 1 heterocycles. The van der Waals surface area contributed by atoms with Crippen LogP contribution >= 0.6 is 12.6 Å². The van der Waals surface area contributed by atoms with Gasteiger partial charge >= 0.3 is 5.69 Å². The van der Waals surface area contributed by atoms with Crippen molar-refractivity contribution in [1.29, 1.82) is 0 Å². The molecule has 0 saturated heterocycles. The molecular weight excluding hydrogens is 210 g/mol. The number of hydrogen-bond acceptors (Lipinski definition) is 5. The van der Waals surface area contributed by atoms with Gasteiger partial charge in [-0.15, -0.1) is 12.6 Å². The van der Waals surface area contributed by atoms with Gasteiger partial charge in [-0.1, -0.05) is 0 Å². The van der Waals surface area contributed by atoms with Crippen LogP contribution in [0.4, 0.5) is 0 Å². The number of rotatable bonds is 3. The van der Waals surface area contributed by atoms with Crippen LogP contribution in [0, 0.1) is 0 Å². The topological polar surface area (TPSA) is 113 Å². The zero-order chi connectivity index (χ0) is 10.6. The molecule has 0 radical (unpaired) electrons. The average Bonchev–Trinajstić information content (AvgIpc) is 2.14. The van der Waals surface area contributed by atoms with Gasteiger partial charge in [0.15, 0.2) is 0 Å². The molecule has 0 aromatic carbocycles. The van der Waals surface area contributed by atoms with Crippen molar-refractivity contribution in [2.24, 2.45) is 5.28 Å². The van der Waals surface area contributed by atoms with Crippen molar-refractivity contribution in [3.05, 3.63) is 43.5 Å². The highest BCUT2D eigenvalue weighted by atomic mass is 32.1. The maximum atomic E-state index is 11.1. The van der Waals surface area contributed by atoms with Crippen LogP contribution in [-0.2, 0) is 4.84 Å². The summed E-state index contributed by atoms with van der Waals surface area (Å²) in [6.45, 7) is 0. The van der Waals surface area contributed by atoms with Crippen molar-refractivity contribution < 1.29 is 4.84 Å². The van der Waals surface area contributed by atoms with Gasteiger partial charge in [0.25, 0.3) is 5.56 Å². The lowest BCUT2D eigenvalue weighted by molar-refractivity contribution is 0.0683. The van der Waals surface area contributed by atoms with Crippen LogP contribution in [0.2, 0.25) is 0 Å². The van der Waals surface area contributed by atoms with Gasteiger partial charge in [0.2, 0.25) is 5.56 Å². The van der Waals surface area contributed by atoms with Gasteiger partial charge in [0, 0.05) is 17.2 Å². The molecule has 0 saturated carbocycles. The van der Waals surface area contributed by atoms with Crippen molar-refractivity contribution in [2.75, 3.05) is 0 Å². The molecule has 1 aromatic heterocycles. The molecule has 1 rings (SSSR count). The Morgan fingerprint density at radius 1 is 1.71 bits per heavy atom. The lowest BCUT2D eigenvalue weighted by Crippen LogP contribution is -2.30. The summed E-state index contributed by atoms with van der Waals surface area (Å²) in [5, 5.41) is 2.76. The molecule has 74 valence electrons. The Kier molecular flexibility index (Phi) is 3.21. The van der Waals surface area contributed by atoms with Crippen molar-refractivity contribution in [3.63, 3.8) is 0 Å². The van der Waals surface area contributed by atoms with Crippen LogP contribution in [0.1, 0.15) is 5.56 Å². The summed E-state index contributed by atoms with van der Waals surface area (Å²) >= 11 is 3.81. The maximum Gasteiger partial charge on any atom is 0.331 e. The minimum atomic E-state index is -1.07. The Bertz CT molecular complexity index is 473. The molecule has 0 bridgehead atoms. The average molecular weight is 215 g/mol. The third kappa shape index (κ3) is 2.31. The fraction of sp³-hybridized carbons (Fsp3) is 0.200. The van der Waals surface area contributed by atoms with E-state index >= 15 is 0 Å². The molecule has 9 heteroatoms. The predicted octanol–water partition coefficient (Wildman–Crippen LogP) is 0.164. The highest BCUT2D eigenvalue weighted by molar-refractivity contribution is 7.80. The van der Waals surface area contributed by atoms with E-state index in [1.807, 2.05) is 4.98 Å². The van der Waals surface area contributed by atoms with E-state index in [4.69, 9.17) is 5.53 Å². The second kappa shape index (κ2) is 4.40. The van der Waals surface area contributed by atoms with Crippen LogP contribution < -0.4 is 11.2 Å². The van der Waals surface area contributed by atoms with Gasteiger partial charge in [-0.05, 0) is 5.53 Å². The largest absolute Gasteiger partial charge is 0.399 e.